The van der Waals surface area contributed by atoms with E-state index >= 15 is 0 Å². The Morgan fingerprint density at radius 3 is 2.59 bits per heavy atom. The standard InChI is InChI=1S/C25H18O5S2/c1-28-21-10-16(15(12-26)8-19(21)23-4-3-6-31-23)17-11-22-20(9-18(17)25(27)29-2)24-14(13-30-22)5-7-32-24/h3-12H,13H2,1-2H3. The molecule has 0 aliphatic carbocycles. The predicted molar refractivity (Wildman–Crippen MR) is 126 cm³/mol. The summed E-state index contributed by atoms with van der Waals surface area (Å²) in [4.78, 5) is 26.9. The topological polar surface area (TPSA) is 61.8 Å². The van der Waals surface area contributed by atoms with Crippen LogP contribution < -0.4 is 9.47 Å². The van der Waals surface area contributed by atoms with Crippen molar-refractivity contribution in [1.82, 2.24) is 0 Å². The Labute approximate surface area is 192 Å². The van der Waals surface area contributed by atoms with Gasteiger partial charge in [0.15, 0.2) is 6.29 Å². The molecule has 0 fully saturated rings. The number of thiophene rings is 2. The largest absolute Gasteiger partial charge is 0.496 e. The predicted octanol–water partition coefficient (Wildman–Crippen LogP) is 6.31. The summed E-state index contributed by atoms with van der Waals surface area (Å²) >= 11 is 3.17. The van der Waals surface area contributed by atoms with Crippen LogP contribution in [0.1, 0.15) is 26.3 Å². The normalized spacial score (nSPS) is 11.8. The Morgan fingerprint density at radius 2 is 1.88 bits per heavy atom. The fourth-order valence-corrected chi connectivity index (χ4v) is 5.62. The molecule has 32 heavy (non-hydrogen) atoms. The number of carbonyl (C=O) groups is 2. The van der Waals surface area contributed by atoms with Gasteiger partial charge in [0.25, 0.3) is 0 Å². The Hall–Kier alpha value is -3.42. The van der Waals surface area contributed by atoms with E-state index < -0.39 is 5.97 Å². The molecule has 5 rings (SSSR count). The molecule has 0 bridgehead atoms. The van der Waals surface area contributed by atoms with Crippen LogP contribution in [0.3, 0.4) is 0 Å². The van der Waals surface area contributed by atoms with Crippen LogP contribution in [-0.2, 0) is 11.3 Å². The second kappa shape index (κ2) is 8.26. The van der Waals surface area contributed by atoms with Gasteiger partial charge in [0, 0.05) is 37.6 Å². The first kappa shape index (κ1) is 20.5. The third-order valence-corrected chi connectivity index (χ3v) is 7.37. The third kappa shape index (κ3) is 3.30. The maximum atomic E-state index is 12.8. The van der Waals surface area contributed by atoms with E-state index in [-0.39, 0.29) is 0 Å². The number of aldehydes is 1. The SMILES string of the molecule is COC(=O)c1cc2c(cc1-c1cc(OC)c(-c3cccs3)cc1C=O)OCc1ccsc1-2. The van der Waals surface area contributed by atoms with Crippen molar-refractivity contribution in [2.24, 2.45) is 0 Å². The molecule has 0 N–H and O–H groups in total. The quantitative estimate of drug-likeness (QED) is 0.257. The summed E-state index contributed by atoms with van der Waals surface area (Å²) in [6.07, 6.45) is 0.796. The second-order valence-electron chi connectivity index (χ2n) is 7.18. The van der Waals surface area contributed by atoms with Crippen LogP contribution >= 0.6 is 22.7 Å². The second-order valence-corrected chi connectivity index (χ2v) is 9.05. The molecular weight excluding hydrogens is 444 g/mol. The highest BCUT2D eigenvalue weighted by atomic mass is 32.1. The van der Waals surface area contributed by atoms with Crippen molar-refractivity contribution in [3.8, 4) is 43.5 Å². The Kier molecular flexibility index (Phi) is 5.28. The third-order valence-electron chi connectivity index (χ3n) is 5.48. The van der Waals surface area contributed by atoms with E-state index in [0.29, 0.717) is 40.4 Å². The summed E-state index contributed by atoms with van der Waals surface area (Å²) in [7, 11) is 2.94. The van der Waals surface area contributed by atoms with Crippen LogP contribution in [0.2, 0.25) is 0 Å². The van der Waals surface area contributed by atoms with Crippen LogP contribution in [0.25, 0.3) is 32.0 Å². The van der Waals surface area contributed by atoms with Gasteiger partial charge >= 0.3 is 5.97 Å². The van der Waals surface area contributed by atoms with Crippen molar-refractivity contribution >= 4 is 34.9 Å². The van der Waals surface area contributed by atoms with Gasteiger partial charge in [-0.05, 0) is 52.7 Å². The zero-order valence-corrected chi connectivity index (χ0v) is 19.0. The number of carbonyl (C=O) groups excluding carboxylic acids is 2. The lowest BCUT2D eigenvalue weighted by Gasteiger charge is -2.21. The summed E-state index contributed by atoms with van der Waals surface area (Å²) in [6, 6.07) is 13.1. The van der Waals surface area contributed by atoms with Crippen molar-refractivity contribution < 1.29 is 23.8 Å². The molecule has 160 valence electrons. The van der Waals surface area contributed by atoms with E-state index in [4.69, 9.17) is 14.2 Å². The summed E-state index contributed by atoms with van der Waals surface area (Å²) < 4.78 is 16.7. The lowest BCUT2D eigenvalue weighted by atomic mass is 9.90. The van der Waals surface area contributed by atoms with Gasteiger partial charge in [0.1, 0.15) is 18.1 Å². The molecule has 0 unspecified atom stereocenters. The van der Waals surface area contributed by atoms with Gasteiger partial charge in [0.05, 0.1) is 19.8 Å². The average Bonchev–Trinajstić information content (AvgIpc) is 3.54. The molecule has 0 saturated carbocycles. The highest BCUT2D eigenvalue weighted by Gasteiger charge is 2.26. The van der Waals surface area contributed by atoms with Crippen molar-refractivity contribution in [3.63, 3.8) is 0 Å². The summed E-state index contributed by atoms with van der Waals surface area (Å²) in [5, 5.41) is 3.98. The van der Waals surface area contributed by atoms with E-state index in [9.17, 15) is 9.59 Å². The lowest BCUT2D eigenvalue weighted by Crippen LogP contribution is -2.09. The lowest BCUT2D eigenvalue weighted by molar-refractivity contribution is 0.0601. The first-order valence-electron chi connectivity index (χ1n) is 9.82. The number of hydrogen-bond donors (Lipinski definition) is 0. The molecule has 7 heteroatoms. The molecule has 0 amide bonds. The van der Waals surface area contributed by atoms with E-state index in [1.54, 1.807) is 48.0 Å². The molecule has 0 radical (unpaired) electrons. The van der Waals surface area contributed by atoms with Crippen LogP contribution in [-0.4, -0.2) is 26.5 Å². The molecule has 5 nitrogen and oxygen atoms in total. The summed E-state index contributed by atoms with van der Waals surface area (Å²) in [6.45, 7) is 0.462. The van der Waals surface area contributed by atoms with Crippen molar-refractivity contribution in [2.45, 2.75) is 6.61 Å². The van der Waals surface area contributed by atoms with Crippen molar-refractivity contribution in [2.75, 3.05) is 14.2 Å². The zero-order chi connectivity index (χ0) is 22.2. The molecule has 0 saturated heterocycles. The minimum absolute atomic E-state index is 0.366. The highest BCUT2D eigenvalue weighted by Crippen LogP contribution is 2.46. The van der Waals surface area contributed by atoms with Crippen molar-refractivity contribution in [1.29, 1.82) is 0 Å². The van der Waals surface area contributed by atoms with Gasteiger partial charge in [-0.25, -0.2) is 4.79 Å². The average molecular weight is 463 g/mol. The van der Waals surface area contributed by atoms with Gasteiger partial charge in [-0.3, -0.25) is 4.79 Å². The first-order valence-corrected chi connectivity index (χ1v) is 11.6. The van der Waals surface area contributed by atoms with Crippen LogP contribution in [0, 0.1) is 0 Å². The van der Waals surface area contributed by atoms with Crippen LogP contribution in [0.5, 0.6) is 11.5 Å². The monoisotopic (exact) mass is 462 g/mol. The van der Waals surface area contributed by atoms with E-state index in [2.05, 4.69) is 0 Å². The molecule has 2 aromatic carbocycles. The van der Waals surface area contributed by atoms with Gasteiger partial charge in [-0.15, -0.1) is 22.7 Å². The first-order chi connectivity index (χ1) is 15.6. The van der Waals surface area contributed by atoms with E-state index in [1.807, 2.05) is 35.0 Å². The van der Waals surface area contributed by atoms with E-state index in [1.165, 1.54) is 7.11 Å². The molecule has 4 aromatic rings. The molecular formula is C25H18O5S2. The summed E-state index contributed by atoms with van der Waals surface area (Å²) in [5.74, 6) is 0.799. The van der Waals surface area contributed by atoms with Crippen LogP contribution in [0.15, 0.2) is 53.2 Å². The fraction of sp³-hybridized carbons (Fsp3) is 0.120. The zero-order valence-electron chi connectivity index (χ0n) is 17.3. The van der Waals surface area contributed by atoms with Gasteiger partial charge in [0.2, 0.25) is 0 Å². The minimum Gasteiger partial charge on any atom is -0.496 e. The highest BCUT2D eigenvalue weighted by molar-refractivity contribution is 7.14. The minimum atomic E-state index is -0.482. The maximum absolute atomic E-state index is 12.8. The van der Waals surface area contributed by atoms with Gasteiger partial charge in [-0.1, -0.05) is 6.07 Å². The van der Waals surface area contributed by atoms with Gasteiger partial charge < -0.3 is 14.2 Å². The van der Waals surface area contributed by atoms with Crippen molar-refractivity contribution in [3.05, 3.63) is 69.9 Å². The maximum Gasteiger partial charge on any atom is 0.338 e. The molecule has 1 aliphatic heterocycles. The molecule has 3 heterocycles. The number of hydrogen-bond acceptors (Lipinski definition) is 7. The fourth-order valence-electron chi connectivity index (χ4n) is 3.94. The molecule has 0 spiro atoms. The Bertz CT molecular complexity index is 1330. The number of benzene rings is 2. The Balaban J connectivity index is 1.76. The smallest absolute Gasteiger partial charge is 0.338 e. The molecule has 2 aromatic heterocycles. The summed E-state index contributed by atoms with van der Waals surface area (Å²) in [5.41, 5.74) is 4.72. The number of fused-ring (bicyclic) bond motifs is 3. The Morgan fingerprint density at radius 1 is 1.00 bits per heavy atom. The molecule has 0 atom stereocenters. The van der Waals surface area contributed by atoms with E-state index in [0.717, 1.165) is 32.7 Å². The van der Waals surface area contributed by atoms with Gasteiger partial charge in [-0.2, -0.15) is 0 Å². The number of methoxy groups -OCH3 is 2. The van der Waals surface area contributed by atoms with Crippen LogP contribution in [0.4, 0.5) is 0 Å². The number of rotatable bonds is 5. The molecule has 1 aliphatic rings. The number of ether oxygens (including phenoxy) is 3. The number of esters is 1.